The summed E-state index contributed by atoms with van der Waals surface area (Å²) in [5.74, 6) is 0. The summed E-state index contributed by atoms with van der Waals surface area (Å²) in [7, 11) is 0. The van der Waals surface area contributed by atoms with Gasteiger partial charge in [-0.05, 0) is 21.5 Å². The molecule has 0 heterocycles. The number of benzene rings is 1. The topological polar surface area (TPSA) is 0 Å². The van der Waals surface area contributed by atoms with Crippen molar-refractivity contribution in [1.29, 1.82) is 0 Å². The van der Waals surface area contributed by atoms with Crippen LogP contribution in [0.2, 0.25) is 0 Å². The lowest BCUT2D eigenvalue weighted by Gasteiger charge is -1.96. The van der Waals surface area contributed by atoms with Gasteiger partial charge >= 0.3 is 0 Å². The van der Waals surface area contributed by atoms with Crippen LogP contribution in [0, 0.1) is 0 Å². The van der Waals surface area contributed by atoms with E-state index >= 15 is 0 Å². The van der Waals surface area contributed by atoms with E-state index in [0.717, 1.165) is 5.56 Å². The first kappa shape index (κ1) is 9.11. The minimum atomic E-state index is 0.436. The first-order chi connectivity index (χ1) is 5.22. The maximum atomic E-state index is 5.84. The van der Waals surface area contributed by atoms with Crippen molar-refractivity contribution in [3.8, 4) is 0 Å². The molecule has 11 heavy (non-hydrogen) atoms. The van der Waals surface area contributed by atoms with Crippen LogP contribution in [0.3, 0.4) is 0 Å². The Balaban J connectivity index is 3.04. The van der Waals surface area contributed by atoms with Crippen LogP contribution in [-0.2, 0) is 0 Å². The Bertz CT molecular complexity index is 263. The fourth-order valence-corrected chi connectivity index (χ4v) is 1.16. The second kappa shape index (κ2) is 4.15. The van der Waals surface area contributed by atoms with Crippen LogP contribution in [0.15, 0.2) is 34.3 Å². The molecule has 0 fully saturated rings. The lowest BCUT2D eigenvalue weighted by atomic mass is 10.2. The molecule has 0 N–H and O–H groups in total. The molecule has 0 nitrogen and oxygen atoms in total. The molecular formula is C8H5BrCl2. The normalized spacial score (nSPS) is 12.6. The van der Waals surface area contributed by atoms with Crippen molar-refractivity contribution in [3.63, 3.8) is 0 Å². The van der Waals surface area contributed by atoms with E-state index in [1.807, 2.05) is 30.3 Å². The van der Waals surface area contributed by atoms with Gasteiger partial charge in [-0.15, -0.1) is 0 Å². The predicted molar refractivity (Wildman–Crippen MR) is 54.0 cm³/mol. The molecular weight excluding hydrogens is 247 g/mol. The highest BCUT2D eigenvalue weighted by Crippen LogP contribution is 2.28. The highest BCUT2D eigenvalue weighted by molar-refractivity contribution is 9.12. The van der Waals surface area contributed by atoms with Crippen LogP contribution >= 0.6 is 39.1 Å². The van der Waals surface area contributed by atoms with Gasteiger partial charge in [0.25, 0.3) is 0 Å². The maximum Gasteiger partial charge on any atom is 0.103 e. The molecule has 3 heteroatoms. The second-order valence-electron chi connectivity index (χ2n) is 1.94. The van der Waals surface area contributed by atoms with Gasteiger partial charge < -0.3 is 0 Å². The molecule has 0 spiro atoms. The van der Waals surface area contributed by atoms with Crippen molar-refractivity contribution in [3.05, 3.63) is 39.8 Å². The van der Waals surface area contributed by atoms with Gasteiger partial charge in [0.1, 0.15) is 3.94 Å². The third-order valence-corrected chi connectivity index (χ3v) is 2.51. The average molecular weight is 252 g/mol. The molecule has 0 radical (unpaired) electrons. The molecule has 0 atom stereocenters. The Morgan fingerprint density at radius 2 is 1.64 bits per heavy atom. The molecule has 0 aliphatic heterocycles. The SMILES string of the molecule is Cl/C(Br)=C(\Cl)c1ccccc1. The van der Waals surface area contributed by atoms with Crippen LogP contribution in [0.4, 0.5) is 0 Å². The molecule has 0 saturated heterocycles. The van der Waals surface area contributed by atoms with E-state index in [-0.39, 0.29) is 0 Å². The first-order valence-corrected chi connectivity index (χ1v) is 4.53. The van der Waals surface area contributed by atoms with Crippen LogP contribution < -0.4 is 0 Å². The summed E-state index contributed by atoms with van der Waals surface area (Å²) < 4.78 is 0.436. The molecule has 1 aromatic carbocycles. The van der Waals surface area contributed by atoms with Crippen molar-refractivity contribution in [1.82, 2.24) is 0 Å². The molecule has 0 aromatic heterocycles. The zero-order valence-electron chi connectivity index (χ0n) is 5.52. The first-order valence-electron chi connectivity index (χ1n) is 2.98. The van der Waals surface area contributed by atoms with E-state index in [4.69, 9.17) is 23.2 Å². The Morgan fingerprint density at radius 1 is 1.09 bits per heavy atom. The molecule has 58 valence electrons. The predicted octanol–water partition coefficient (Wildman–Crippen LogP) is 4.19. The van der Waals surface area contributed by atoms with E-state index in [1.165, 1.54) is 0 Å². The van der Waals surface area contributed by atoms with Crippen molar-refractivity contribution in [2.45, 2.75) is 0 Å². The minimum absolute atomic E-state index is 0.436. The third-order valence-electron chi connectivity index (χ3n) is 1.19. The molecule has 0 saturated carbocycles. The third kappa shape index (κ3) is 2.51. The summed E-state index contributed by atoms with van der Waals surface area (Å²) >= 11 is 14.6. The molecule has 0 bridgehead atoms. The van der Waals surface area contributed by atoms with Gasteiger partial charge in [-0.2, -0.15) is 0 Å². The Hall–Kier alpha value is 0.0200. The van der Waals surface area contributed by atoms with Crippen molar-refractivity contribution < 1.29 is 0 Å². The zero-order valence-corrected chi connectivity index (χ0v) is 8.62. The maximum absolute atomic E-state index is 5.84. The molecule has 0 aliphatic rings. The van der Waals surface area contributed by atoms with E-state index < -0.39 is 0 Å². The second-order valence-corrected chi connectivity index (χ2v) is 3.95. The largest absolute Gasteiger partial charge is 0.103 e. The Labute approximate surface area is 83.9 Å². The smallest absolute Gasteiger partial charge is 0.0815 e. The fourth-order valence-electron chi connectivity index (χ4n) is 0.694. The van der Waals surface area contributed by atoms with Gasteiger partial charge in [-0.1, -0.05) is 53.5 Å². The highest BCUT2D eigenvalue weighted by atomic mass is 79.9. The van der Waals surface area contributed by atoms with Crippen LogP contribution in [0.5, 0.6) is 0 Å². The van der Waals surface area contributed by atoms with Gasteiger partial charge in [-0.25, -0.2) is 0 Å². The number of halogens is 3. The lowest BCUT2D eigenvalue weighted by molar-refractivity contribution is 1.65. The fraction of sp³-hybridized carbons (Fsp3) is 0. The van der Waals surface area contributed by atoms with E-state index in [1.54, 1.807) is 0 Å². The molecule has 0 unspecified atom stereocenters. The van der Waals surface area contributed by atoms with Crippen molar-refractivity contribution in [2.24, 2.45) is 0 Å². The number of hydrogen-bond acceptors (Lipinski definition) is 0. The molecule has 0 amide bonds. The molecule has 1 rings (SSSR count). The number of rotatable bonds is 1. The van der Waals surface area contributed by atoms with Gasteiger partial charge in [0.2, 0.25) is 0 Å². The van der Waals surface area contributed by atoms with Gasteiger partial charge in [0.15, 0.2) is 0 Å². The lowest BCUT2D eigenvalue weighted by Crippen LogP contribution is -1.74. The van der Waals surface area contributed by atoms with Gasteiger partial charge in [0, 0.05) is 0 Å². The quantitative estimate of drug-likeness (QED) is 0.703. The summed E-state index contributed by atoms with van der Waals surface area (Å²) in [6.45, 7) is 0. The molecule has 0 aliphatic carbocycles. The van der Waals surface area contributed by atoms with Crippen molar-refractivity contribution in [2.75, 3.05) is 0 Å². The summed E-state index contributed by atoms with van der Waals surface area (Å²) in [5, 5.41) is 0.535. The summed E-state index contributed by atoms with van der Waals surface area (Å²) in [4.78, 5) is 0. The summed E-state index contributed by atoms with van der Waals surface area (Å²) in [5.41, 5.74) is 0.913. The Kier molecular flexibility index (Phi) is 3.44. The summed E-state index contributed by atoms with van der Waals surface area (Å²) in [6.07, 6.45) is 0. The van der Waals surface area contributed by atoms with Crippen LogP contribution in [0.1, 0.15) is 5.56 Å². The Morgan fingerprint density at radius 3 is 2.09 bits per heavy atom. The summed E-state index contributed by atoms with van der Waals surface area (Å²) in [6, 6.07) is 9.53. The minimum Gasteiger partial charge on any atom is -0.0815 e. The monoisotopic (exact) mass is 250 g/mol. The van der Waals surface area contributed by atoms with Crippen molar-refractivity contribution >= 4 is 44.2 Å². The van der Waals surface area contributed by atoms with Crippen LogP contribution in [-0.4, -0.2) is 0 Å². The standard InChI is InChI=1S/C8H5BrCl2/c9-8(11)7(10)6-4-2-1-3-5-6/h1-5H/b8-7-. The van der Waals surface area contributed by atoms with Gasteiger partial charge in [-0.3, -0.25) is 0 Å². The van der Waals surface area contributed by atoms with E-state index in [0.29, 0.717) is 8.97 Å². The highest BCUT2D eigenvalue weighted by Gasteiger charge is 1.99. The average Bonchev–Trinajstić information content (AvgIpc) is 2.05. The number of hydrogen-bond donors (Lipinski definition) is 0. The zero-order chi connectivity index (χ0) is 8.27. The van der Waals surface area contributed by atoms with E-state index in [9.17, 15) is 0 Å². The van der Waals surface area contributed by atoms with E-state index in [2.05, 4.69) is 15.9 Å². The van der Waals surface area contributed by atoms with Gasteiger partial charge in [0.05, 0.1) is 5.03 Å². The molecule has 1 aromatic rings. The van der Waals surface area contributed by atoms with Crippen LogP contribution in [0.25, 0.3) is 5.03 Å².